The van der Waals surface area contributed by atoms with Gasteiger partial charge in [-0.15, -0.1) is 0 Å². The van der Waals surface area contributed by atoms with Crippen molar-refractivity contribution in [3.8, 4) is 0 Å². The molecule has 3 nitrogen and oxygen atoms in total. The fourth-order valence-corrected chi connectivity index (χ4v) is 2.20. The number of hydrogen-bond donors (Lipinski definition) is 1. The minimum absolute atomic E-state index is 0.167. The van der Waals surface area contributed by atoms with Crippen molar-refractivity contribution in [2.75, 3.05) is 19.8 Å². The van der Waals surface area contributed by atoms with Gasteiger partial charge < -0.3 is 14.6 Å². The molecule has 0 bridgehead atoms. The van der Waals surface area contributed by atoms with Gasteiger partial charge in [-0.3, -0.25) is 0 Å². The van der Waals surface area contributed by atoms with Crippen molar-refractivity contribution < 1.29 is 14.6 Å². The number of aliphatic hydroxyl groups excluding tert-OH is 1. The molecule has 1 saturated heterocycles. The second kappa shape index (κ2) is 5.59. The topological polar surface area (TPSA) is 38.7 Å². The van der Waals surface area contributed by atoms with Crippen LogP contribution in [0.15, 0.2) is 23.8 Å². The average Bonchev–Trinajstić information content (AvgIpc) is 2.79. The lowest BCUT2D eigenvalue weighted by molar-refractivity contribution is -0.113. The molecule has 1 heterocycles. The highest BCUT2D eigenvalue weighted by Gasteiger charge is 2.34. The van der Waals surface area contributed by atoms with Crippen LogP contribution in [0, 0.1) is 0 Å². The molecule has 0 unspecified atom stereocenters. The minimum atomic E-state index is -0.888. The smallest absolute Gasteiger partial charge is 0.190 e. The molecule has 98 valence electrons. The van der Waals surface area contributed by atoms with E-state index >= 15 is 0 Å². The van der Waals surface area contributed by atoms with Crippen molar-refractivity contribution in [3.63, 3.8) is 0 Å². The van der Waals surface area contributed by atoms with Gasteiger partial charge in [0.15, 0.2) is 5.79 Å². The van der Waals surface area contributed by atoms with Gasteiger partial charge in [-0.05, 0) is 24.6 Å². The van der Waals surface area contributed by atoms with Gasteiger partial charge in [-0.25, -0.2) is 0 Å². The fraction of sp³-hybridized carbons (Fsp3) is 0.385. The molecule has 0 radical (unpaired) electrons. The third-order valence-electron chi connectivity index (χ3n) is 2.90. The van der Waals surface area contributed by atoms with E-state index in [1.807, 2.05) is 6.07 Å². The van der Waals surface area contributed by atoms with Crippen LogP contribution in [-0.4, -0.2) is 30.7 Å². The van der Waals surface area contributed by atoms with Crippen molar-refractivity contribution in [2.24, 2.45) is 0 Å². The molecule has 1 aromatic carbocycles. The second-order valence-corrected chi connectivity index (χ2v) is 4.90. The van der Waals surface area contributed by atoms with E-state index in [0.717, 1.165) is 5.56 Å². The molecule has 0 aromatic heterocycles. The number of ether oxygens (including phenoxy) is 2. The van der Waals surface area contributed by atoms with Gasteiger partial charge in [-0.1, -0.05) is 35.3 Å². The maximum Gasteiger partial charge on any atom is 0.190 e. The molecule has 0 aliphatic carbocycles. The summed E-state index contributed by atoms with van der Waals surface area (Å²) in [5.41, 5.74) is 1.35. The Kier molecular flexibility index (Phi) is 4.30. The summed E-state index contributed by atoms with van der Waals surface area (Å²) in [6, 6.07) is 5.33. The van der Waals surface area contributed by atoms with E-state index in [9.17, 15) is 5.11 Å². The maximum atomic E-state index is 9.47. The highest BCUT2D eigenvalue weighted by molar-refractivity contribution is 6.42. The monoisotopic (exact) mass is 288 g/mol. The normalized spacial score (nSPS) is 19.2. The van der Waals surface area contributed by atoms with Gasteiger partial charge >= 0.3 is 0 Å². The lowest BCUT2D eigenvalue weighted by atomic mass is 10.0. The molecule has 1 aliphatic heterocycles. The molecule has 0 saturated carbocycles. The molecule has 1 N–H and O–H groups in total. The Labute approximate surface area is 116 Å². The van der Waals surface area contributed by atoms with E-state index in [4.69, 9.17) is 32.7 Å². The quantitative estimate of drug-likeness (QED) is 0.929. The fourth-order valence-electron chi connectivity index (χ4n) is 1.84. The van der Waals surface area contributed by atoms with Crippen molar-refractivity contribution in [1.82, 2.24) is 0 Å². The second-order valence-electron chi connectivity index (χ2n) is 4.11. The van der Waals surface area contributed by atoms with Crippen LogP contribution in [0.5, 0.6) is 0 Å². The van der Waals surface area contributed by atoms with E-state index in [-0.39, 0.29) is 6.61 Å². The molecule has 1 fully saturated rings. The molecular formula is C13H14Cl2O3. The van der Waals surface area contributed by atoms with Crippen LogP contribution in [0.25, 0.3) is 6.08 Å². The van der Waals surface area contributed by atoms with Crippen LogP contribution in [0.3, 0.4) is 0 Å². The summed E-state index contributed by atoms with van der Waals surface area (Å²) in [6.07, 6.45) is 1.75. The van der Waals surface area contributed by atoms with Crippen LogP contribution in [0.2, 0.25) is 10.0 Å². The number of aliphatic hydroxyl groups is 1. The number of halogens is 2. The van der Waals surface area contributed by atoms with Gasteiger partial charge in [0.2, 0.25) is 0 Å². The van der Waals surface area contributed by atoms with Crippen molar-refractivity contribution >= 4 is 29.3 Å². The van der Waals surface area contributed by atoms with Gasteiger partial charge in [0, 0.05) is 5.57 Å². The number of benzene rings is 1. The van der Waals surface area contributed by atoms with Gasteiger partial charge in [0.05, 0.1) is 29.9 Å². The van der Waals surface area contributed by atoms with E-state index in [2.05, 4.69) is 0 Å². The van der Waals surface area contributed by atoms with Crippen molar-refractivity contribution in [1.29, 1.82) is 0 Å². The Morgan fingerprint density at radius 1 is 1.39 bits per heavy atom. The third kappa shape index (κ3) is 2.71. The summed E-state index contributed by atoms with van der Waals surface area (Å²) in [6.45, 7) is 2.63. The SMILES string of the molecule is CC1(C(=Cc2cccc(Cl)c2Cl)CO)OCCO1. The average molecular weight is 289 g/mol. The van der Waals surface area contributed by atoms with Crippen LogP contribution < -0.4 is 0 Å². The summed E-state index contributed by atoms with van der Waals surface area (Å²) in [4.78, 5) is 0. The zero-order valence-electron chi connectivity index (χ0n) is 9.95. The Morgan fingerprint density at radius 2 is 2.06 bits per heavy atom. The number of rotatable bonds is 3. The molecule has 0 atom stereocenters. The lowest BCUT2D eigenvalue weighted by Crippen LogP contribution is -2.30. The molecule has 18 heavy (non-hydrogen) atoms. The maximum absolute atomic E-state index is 9.47. The molecule has 0 amide bonds. The largest absolute Gasteiger partial charge is 0.392 e. The predicted molar refractivity (Wildman–Crippen MR) is 71.8 cm³/mol. The first-order valence-corrected chi connectivity index (χ1v) is 6.36. The molecule has 1 aromatic rings. The summed E-state index contributed by atoms with van der Waals surface area (Å²) in [5, 5.41) is 10.4. The highest BCUT2D eigenvalue weighted by atomic mass is 35.5. The summed E-state index contributed by atoms with van der Waals surface area (Å²) in [5.74, 6) is -0.888. The summed E-state index contributed by atoms with van der Waals surface area (Å²) in [7, 11) is 0. The highest BCUT2D eigenvalue weighted by Crippen LogP contribution is 2.32. The Bertz CT molecular complexity index is 465. The van der Waals surface area contributed by atoms with Gasteiger partial charge in [0.25, 0.3) is 0 Å². The summed E-state index contributed by atoms with van der Waals surface area (Å²) < 4.78 is 11.0. The molecular weight excluding hydrogens is 275 g/mol. The Balaban J connectivity index is 2.37. The van der Waals surface area contributed by atoms with E-state index in [1.54, 1.807) is 25.1 Å². The zero-order chi connectivity index (χ0) is 13.2. The van der Waals surface area contributed by atoms with E-state index < -0.39 is 5.79 Å². The Hall–Kier alpha value is -0.580. The van der Waals surface area contributed by atoms with Crippen molar-refractivity contribution in [2.45, 2.75) is 12.7 Å². The first-order valence-electron chi connectivity index (χ1n) is 5.60. The van der Waals surface area contributed by atoms with Crippen LogP contribution in [-0.2, 0) is 9.47 Å². The van der Waals surface area contributed by atoms with E-state index in [1.165, 1.54) is 0 Å². The van der Waals surface area contributed by atoms with Gasteiger partial charge in [-0.2, -0.15) is 0 Å². The zero-order valence-corrected chi connectivity index (χ0v) is 11.5. The Morgan fingerprint density at radius 3 is 2.67 bits per heavy atom. The number of hydrogen-bond acceptors (Lipinski definition) is 3. The lowest BCUT2D eigenvalue weighted by Gasteiger charge is -2.24. The van der Waals surface area contributed by atoms with Crippen LogP contribution in [0.4, 0.5) is 0 Å². The molecule has 0 spiro atoms. The standard InChI is InChI=1S/C13H14Cl2O3/c1-13(17-5-6-18-13)10(8-16)7-9-3-2-4-11(14)12(9)15/h2-4,7,16H,5-6,8H2,1H3. The van der Waals surface area contributed by atoms with Crippen LogP contribution >= 0.6 is 23.2 Å². The molecule has 5 heteroatoms. The van der Waals surface area contributed by atoms with Crippen LogP contribution in [0.1, 0.15) is 12.5 Å². The van der Waals surface area contributed by atoms with E-state index in [0.29, 0.717) is 28.8 Å². The predicted octanol–water partition coefficient (Wildman–Crippen LogP) is 3.13. The first-order chi connectivity index (χ1) is 8.57. The van der Waals surface area contributed by atoms with Gasteiger partial charge in [0.1, 0.15) is 0 Å². The molecule has 1 aliphatic rings. The third-order valence-corrected chi connectivity index (χ3v) is 3.74. The summed E-state index contributed by atoms with van der Waals surface area (Å²) >= 11 is 12.1. The molecule has 2 rings (SSSR count). The minimum Gasteiger partial charge on any atom is -0.392 e. The first kappa shape index (κ1) is 13.8. The van der Waals surface area contributed by atoms with Crippen molar-refractivity contribution in [3.05, 3.63) is 39.4 Å².